The van der Waals surface area contributed by atoms with E-state index in [9.17, 15) is 14.4 Å². The smallest absolute Gasteiger partial charge is 0.303 e. The molecule has 0 aromatic heterocycles. The third-order valence-corrected chi connectivity index (χ3v) is 4.90. The molecule has 0 unspecified atom stereocenters. The standard InChI is InChI=1S/3C8H16O2.C3H8O3/c3*1-2-3-4-5-6-7-8(9)10;4-1-3(6)2-5/h3*2-7H2,1H3,(H,9,10);3-6H,1-2H2. The Balaban J connectivity index is -0.000000193. The molecule has 0 aromatic rings. The van der Waals surface area contributed by atoms with Gasteiger partial charge in [0.15, 0.2) is 0 Å². The molecule has 0 saturated heterocycles. The summed E-state index contributed by atoms with van der Waals surface area (Å²) in [5.41, 5.74) is 0. The minimum atomic E-state index is -0.954. The lowest BCUT2D eigenvalue weighted by Crippen LogP contribution is -2.15. The molecule has 0 amide bonds. The van der Waals surface area contributed by atoms with Gasteiger partial charge in [-0.25, -0.2) is 0 Å². The molecule has 0 atom stereocenters. The van der Waals surface area contributed by atoms with Crippen molar-refractivity contribution in [2.75, 3.05) is 13.2 Å². The van der Waals surface area contributed by atoms with Gasteiger partial charge in [0, 0.05) is 19.3 Å². The van der Waals surface area contributed by atoms with E-state index in [1.54, 1.807) is 0 Å². The van der Waals surface area contributed by atoms with Gasteiger partial charge in [0.1, 0.15) is 6.10 Å². The van der Waals surface area contributed by atoms with Crippen LogP contribution in [0.4, 0.5) is 0 Å². The van der Waals surface area contributed by atoms with E-state index in [0.29, 0.717) is 19.3 Å². The van der Waals surface area contributed by atoms with Crippen LogP contribution in [0.5, 0.6) is 0 Å². The molecule has 0 rings (SSSR count). The maximum Gasteiger partial charge on any atom is 0.303 e. The van der Waals surface area contributed by atoms with E-state index in [-0.39, 0.29) is 13.2 Å². The topological polar surface area (TPSA) is 173 Å². The number of rotatable bonds is 20. The highest BCUT2D eigenvalue weighted by Gasteiger charge is 1.96. The average molecular weight is 525 g/mol. The second-order valence-electron chi connectivity index (χ2n) is 8.69. The van der Waals surface area contributed by atoms with Gasteiger partial charge < -0.3 is 30.6 Å². The van der Waals surface area contributed by atoms with Crippen molar-refractivity contribution in [3.05, 3.63) is 0 Å². The van der Waals surface area contributed by atoms with Crippen molar-refractivity contribution in [2.24, 2.45) is 0 Å². The molecule has 218 valence electrons. The fourth-order valence-corrected chi connectivity index (χ4v) is 2.70. The van der Waals surface area contributed by atoms with Crippen LogP contribution in [-0.4, -0.2) is 67.9 Å². The molecule has 0 aliphatic carbocycles. The molecule has 36 heavy (non-hydrogen) atoms. The Morgan fingerprint density at radius 2 is 0.694 bits per heavy atom. The van der Waals surface area contributed by atoms with Crippen LogP contribution in [0.2, 0.25) is 0 Å². The van der Waals surface area contributed by atoms with E-state index in [1.165, 1.54) is 57.8 Å². The number of unbranched alkanes of at least 4 members (excludes halogenated alkanes) is 12. The second kappa shape index (κ2) is 37.8. The van der Waals surface area contributed by atoms with Crippen LogP contribution < -0.4 is 0 Å². The van der Waals surface area contributed by atoms with Gasteiger partial charge >= 0.3 is 17.9 Å². The van der Waals surface area contributed by atoms with Crippen molar-refractivity contribution in [2.45, 2.75) is 142 Å². The van der Waals surface area contributed by atoms with Crippen LogP contribution in [-0.2, 0) is 14.4 Å². The molecule has 0 spiro atoms. The van der Waals surface area contributed by atoms with Crippen molar-refractivity contribution in [1.29, 1.82) is 0 Å². The Morgan fingerprint density at radius 1 is 0.472 bits per heavy atom. The number of aliphatic hydroxyl groups is 3. The minimum Gasteiger partial charge on any atom is -0.481 e. The SMILES string of the molecule is CCCCCCCC(=O)O.CCCCCCCC(=O)O.CCCCCCCC(=O)O.OCC(O)CO. The van der Waals surface area contributed by atoms with E-state index in [1.807, 2.05) is 0 Å². The summed E-state index contributed by atoms with van der Waals surface area (Å²) < 4.78 is 0. The highest BCUT2D eigenvalue weighted by molar-refractivity contribution is 5.67. The number of aliphatic hydroxyl groups excluding tert-OH is 3. The van der Waals surface area contributed by atoms with E-state index >= 15 is 0 Å². The summed E-state index contributed by atoms with van der Waals surface area (Å²) in [7, 11) is 0. The van der Waals surface area contributed by atoms with Gasteiger partial charge in [-0.1, -0.05) is 97.8 Å². The molecular weight excluding hydrogens is 468 g/mol. The first kappa shape index (κ1) is 41.4. The van der Waals surface area contributed by atoms with Crippen molar-refractivity contribution >= 4 is 17.9 Å². The molecule has 0 radical (unpaired) electrons. The van der Waals surface area contributed by atoms with Crippen molar-refractivity contribution in [3.63, 3.8) is 0 Å². The molecule has 0 aliphatic rings. The number of carbonyl (C=O) groups is 3. The van der Waals surface area contributed by atoms with Crippen LogP contribution in [0, 0.1) is 0 Å². The molecule has 0 saturated carbocycles. The first-order valence-corrected chi connectivity index (χ1v) is 13.7. The molecule has 0 heterocycles. The summed E-state index contributed by atoms with van der Waals surface area (Å²) in [5.74, 6) is -2.01. The highest BCUT2D eigenvalue weighted by atomic mass is 16.4. The predicted octanol–water partition coefficient (Wildman–Crippen LogP) is 5.63. The summed E-state index contributed by atoms with van der Waals surface area (Å²) in [4.78, 5) is 30.1. The molecule has 6 N–H and O–H groups in total. The van der Waals surface area contributed by atoms with Gasteiger partial charge in [-0.2, -0.15) is 0 Å². The van der Waals surface area contributed by atoms with Crippen LogP contribution >= 0.6 is 0 Å². The van der Waals surface area contributed by atoms with Crippen molar-refractivity contribution in [3.8, 4) is 0 Å². The molecule has 0 bridgehead atoms. The Kier molecular flexibility index (Phi) is 43.5. The molecular formula is C27H56O9. The molecule has 0 aliphatic heterocycles. The lowest BCUT2D eigenvalue weighted by atomic mass is 10.1. The van der Waals surface area contributed by atoms with Crippen molar-refractivity contribution < 1.29 is 45.0 Å². The lowest BCUT2D eigenvalue weighted by molar-refractivity contribution is -0.138. The monoisotopic (exact) mass is 524 g/mol. The minimum absolute atomic E-state index is 0.337. The average Bonchev–Trinajstić information content (AvgIpc) is 2.84. The van der Waals surface area contributed by atoms with E-state index < -0.39 is 24.0 Å². The van der Waals surface area contributed by atoms with Crippen molar-refractivity contribution in [1.82, 2.24) is 0 Å². The third-order valence-electron chi connectivity index (χ3n) is 4.90. The van der Waals surface area contributed by atoms with Gasteiger partial charge in [-0.3, -0.25) is 14.4 Å². The number of carboxylic acids is 3. The Hall–Kier alpha value is -1.71. The Morgan fingerprint density at radius 3 is 0.833 bits per heavy atom. The van der Waals surface area contributed by atoms with E-state index in [2.05, 4.69) is 20.8 Å². The molecule has 9 heteroatoms. The van der Waals surface area contributed by atoms with Crippen LogP contribution in [0.25, 0.3) is 0 Å². The zero-order valence-corrected chi connectivity index (χ0v) is 23.1. The van der Waals surface area contributed by atoms with Crippen LogP contribution in [0.15, 0.2) is 0 Å². The molecule has 0 fully saturated rings. The van der Waals surface area contributed by atoms with Crippen LogP contribution in [0.1, 0.15) is 136 Å². The normalized spacial score (nSPS) is 9.75. The van der Waals surface area contributed by atoms with Gasteiger partial charge in [-0.15, -0.1) is 0 Å². The van der Waals surface area contributed by atoms with Gasteiger partial charge in [0.2, 0.25) is 0 Å². The predicted molar refractivity (Wildman–Crippen MR) is 143 cm³/mol. The number of hydrogen-bond acceptors (Lipinski definition) is 6. The largest absolute Gasteiger partial charge is 0.481 e. The van der Waals surface area contributed by atoms with Crippen LogP contribution in [0.3, 0.4) is 0 Å². The summed E-state index contributed by atoms with van der Waals surface area (Å²) in [6.45, 7) is 5.72. The maximum absolute atomic E-state index is 10.0. The molecule has 9 nitrogen and oxygen atoms in total. The zero-order chi connectivity index (χ0) is 28.5. The number of carboxylic acid groups (broad SMARTS) is 3. The lowest BCUT2D eigenvalue weighted by Gasteiger charge is -1.96. The third kappa shape index (κ3) is 58.3. The van der Waals surface area contributed by atoms with E-state index in [0.717, 1.165) is 38.5 Å². The molecule has 0 aromatic carbocycles. The summed E-state index contributed by atoms with van der Waals surface area (Å²) >= 11 is 0. The summed E-state index contributed by atoms with van der Waals surface area (Å²) in [5, 5.41) is 48.8. The number of hydrogen-bond donors (Lipinski definition) is 6. The van der Waals surface area contributed by atoms with E-state index in [4.69, 9.17) is 30.6 Å². The zero-order valence-electron chi connectivity index (χ0n) is 23.1. The Bertz CT molecular complexity index is 395. The summed E-state index contributed by atoms with van der Waals surface area (Å²) in [6, 6.07) is 0. The summed E-state index contributed by atoms with van der Waals surface area (Å²) in [6.07, 6.45) is 16.7. The highest BCUT2D eigenvalue weighted by Crippen LogP contribution is 2.05. The van der Waals surface area contributed by atoms with Gasteiger partial charge in [0.05, 0.1) is 13.2 Å². The van der Waals surface area contributed by atoms with Gasteiger partial charge in [-0.05, 0) is 19.3 Å². The fourth-order valence-electron chi connectivity index (χ4n) is 2.70. The van der Waals surface area contributed by atoms with Gasteiger partial charge in [0.25, 0.3) is 0 Å². The second-order valence-corrected chi connectivity index (χ2v) is 8.69. The Labute approximate surface area is 218 Å². The quantitative estimate of drug-likeness (QED) is 0.110. The first-order valence-electron chi connectivity index (χ1n) is 13.7. The fraction of sp³-hybridized carbons (Fsp3) is 0.889. The number of aliphatic carboxylic acids is 3. The first-order chi connectivity index (χ1) is 17.1. The maximum atomic E-state index is 10.0.